The molecule has 9 heteroatoms. The van der Waals surface area contributed by atoms with Crippen LogP contribution in [-0.2, 0) is 24.2 Å². The Kier molecular flexibility index (Phi) is 6.06. The number of carbonyl (C=O) groups excluding carboxylic acids is 2. The highest BCUT2D eigenvalue weighted by Crippen LogP contribution is 2.27. The molecule has 24 heavy (non-hydrogen) atoms. The van der Waals surface area contributed by atoms with Gasteiger partial charge in [-0.1, -0.05) is 11.6 Å². The summed E-state index contributed by atoms with van der Waals surface area (Å²) in [5, 5.41) is 2.89. The van der Waals surface area contributed by atoms with E-state index in [9.17, 15) is 18.0 Å². The van der Waals surface area contributed by atoms with Gasteiger partial charge in [-0.2, -0.15) is 0 Å². The molecule has 0 spiro atoms. The molecule has 1 aromatic rings. The van der Waals surface area contributed by atoms with E-state index in [0.29, 0.717) is 22.9 Å². The maximum Gasteiger partial charge on any atom is 0.306 e. The molecular weight excluding hydrogens is 358 g/mol. The van der Waals surface area contributed by atoms with Crippen molar-refractivity contribution in [3.05, 3.63) is 23.2 Å². The SMILES string of the molecule is COc1ccc(NC(=O)COC(=O)C[C@@H]2CCS(=O)(=O)C2)cc1Cl. The second-order valence-corrected chi connectivity index (χ2v) is 8.17. The molecular formula is C15H18ClNO6S. The van der Waals surface area contributed by atoms with Crippen LogP contribution in [0.1, 0.15) is 12.8 Å². The van der Waals surface area contributed by atoms with Gasteiger partial charge in [0, 0.05) is 12.1 Å². The molecule has 0 unspecified atom stereocenters. The number of methoxy groups -OCH3 is 1. The van der Waals surface area contributed by atoms with Crippen LogP contribution in [0.3, 0.4) is 0 Å². The molecule has 0 saturated carbocycles. The molecule has 1 N–H and O–H groups in total. The molecule has 0 aliphatic carbocycles. The summed E-state index contributed by atoms with van der Waals surface area (Å²) >= 11 is 5.95. The van der Waals surface area contributed by atoms with E-state index < -0.39 is 28.3 Å². The number of benzene rings is 1. The molecule has 7 nitrogen and oxygen atoms in total. The van der Waals surface area contributed by atoms with Crippen LogP contribution in [0.25, 0.3) is 0 Å². The van der Waals surface area contributed by atoms with Crippen molar-refractivity contribution < 1.29 is 27.5 Å². The van der Waals surface area contributed by atoms with Gasteiger partial charge in [-0.25, -0.2) is 8.42 Å². The van der Waals surface area contributed by atoms with E-state index in [1.807, 2.05) is 0 Å². The van der Waals surface area contributed by atoms with Crippen LogP contribution in [0, 0.1) is 5.92 Å². The number of anilines is 1. The first-order valence-corrected chi connectivity index (χ1v) is 9.48. The van der Waals surface area contributed by atoms with E-state index in [2.05, 4.69) is 5.32 Å². The fourth-order valence-electron chi connectivity index (χ4n) is 2.41. The topological polar surface area (TPSA) is 98.8 Å². The van der Waals surface area contributed by atoms with Crippen molar-refractivity contribution in [3.63, 3.8) is 0 Å². The third-order valence-corrected chi connectivity index (χ3v) is 5.71. The van der Waals surface area contributed by atoms with E-state index >= 15 is 0 Å². The van der Waals surface area contributed by atoms with E-state index in [1.165, 1.54) is 13.2 Å². The summed E-state index contributed by atoms with van der Waals surface area (Å²) in [6.45, 7) is -0.443. The standard InChI is InChI=1S/C15H18ClNO6S/c1-22-13-3-2-11(7-12(13)16)17-14(18)8-23-15(19)6-10-4-5-24(20,21)9-10/h2-3,7,10H,4-6,8-9H2,1H3,(H,17,18)/t10-/m0/s1. The lowest BCUT2D eigenvalue weighted by Gasteiger charge is -2.10. The molecule has 132 valence electrons. The molecule has 2 rings (SSSR count). The quantitative estimate of drug-likeness (QED) is 0.759. The Morgan fingerprint density at radius 3 is 2.71 bits per heavy atom. The molecule has 1 atom stereocenters. The number of hydrogen-bond donors (Lipinski definition) is 1. The molecule has 1 aromatic carbocycles. The smallest absolute Gasteiger partial charge is 0.306 e. The lowest BCUT2D eigenvalue weighted by molar-refractivity contribution is -0.148. The minimum atomic E-state index is -3.03. The highest BCUT2D eigenvalue weighted by atomic mass is 35.5. The monoisotopic (exact) mass is 375 g/mol. The lowest BCUT2D eigenvalue weighted by Crippen LogP contribution is -2.22. The van der Waals surface area contributed by atoms with E-state index in [0.717, 1.165) is 0 Å². The largest absolute Gasteiger partial charge is 0.495 e. The van der Waals surface area contributed by atoms with Gasteiger partial charge in [-0.3, -0.25) is 9.59 Å². The van der Waals surface area contributed by atoms with Crippen LogP contribution in [-0.4, -0.2) is 45.5 Å². The van der Waals surface area contributed by atoms with Crippen LogP contribution >= 0.6 is 11.6 Å². The van der Waals surface area contributed by atoms with Crippen LogP contribution in [0.5, 0.6) is 5.75 Å². The first-order valence-electron chi connectivity index (χ1n) is 7.28. The van der Waals surface area contributed by atoms with Gasteiger partial charge in [0.05, 0.1) is 23.6 Å². The van der Waals surface area contributed by atoms with Crippen LogP contribution in [0.4, 0.5) is 5.69 Å². The molecule has 1 fully saturated rings. The maximum atomic E-state index is 11.8. The summed E-state index contributed by atoms with van der Waals surface area (Å²) < 4.78 is 32.5. The predicted molar refractivity (Wildman–Crippen MR) is 89.0 cm³/mol. The first-order chi connectivity index (χ1) is 11.3. The molecule has 0 aromatic heterocycles. The Morgan fingerprint density at radius 2 is 2.12 bits per heavy atom. The third-order valence-electron chi connectivity index (χ3n) is 3.58. The first kappa shape index (κ1) is 18.5. The van der Waals surface area contributed by atoms with Gasteiger partial charge < -0.3 is 14.8 Å². The fraction of sp³-hybridized carbons (Fsp3) is 0.467. The van der Waals surface area contributed by atoms with Crippen molar-refractivity contribution in [2.45, 2.75) is 12.8 Å². The average Bonchev–Trinajstić information content (AvgIpc) is 2.84. The van der Waals surface area contributed by atoms with E-state index in [-0.39, 0.29) is 23.8 Å². The van der Waals surface area contributed by atoms with Crippen LogP contribution < -0.4 is 10.1 Å². The number of ether oxygens (including phenoxy) is 2. The normalized spacial score (nSPS) is 18.8. The Hall–Kier alpha value is -1.80. The molecule has 0 radical (unpaired) electrons. The Bertz CT molecular complexity index is 733. The number of carbonyl (C=O) groups is 2. The van der Waals surface area contributed by atoms with Gasteiger partial charge >= 0.3 is 5.97 Å². The zero-order valence-electron chi connectivity index (χ0n) is 13.1. The molecule has 0 bridgehead atoms. The number of nitrogens with one attached hydrogen (secondary N) is 1. The minimum absolute atomic E-state index is 0.000867. The van der Waals surface area contributed by atoms with Gasteiger partial charge in [0.2, 0.25) is 0 Å². The highest BCUT2D eigenvalue weighted by Gasteiger charge is 2.29. The summed E-state index contributed by atoms with van der Waals surface area (Å²) in [6, 6.07) is 4.72. The minimum Gasteiger partial charge on any atom is -0.495 e. The number of hydrogen-bond acceptors (Lipinski definition) is 6. The predicted octanol–water partition coefficient (Wildman–Crippen LogP) is 1.66. The number of amides is 1. The molecule has 1 aliphatic heterocycles. The summed E-state index contributed by atoms with van der Waals surface area (Å²) in [7, 11) is -1.55. The zero-order chi connectivity index (χ0) is 17.7. The Morgan fingerprint density at radius 1 is 1.38 bits per heavy atom. The summed E-state index contributed by atoms with van der Waals surface area (Å²) in [4.78, 5) is 23.4. The fourth-order valence-corrected chi connectivity index (χ4v) is 4.53. The van der Waals surface area contributed by atoms with E-state index in [1.54, 1.807) is 12.1 Å². The average molecular weight is 376 g/mol. The van der Waals surface area contributed by atoms with Gasteiger partial charge in [0.25, 0.3) is 5.91 Å². The molecule has 1 heterocycles. The Balaban J connectivity index is 1.76. The van der Waals surface area contributed by atoms with Crippen molar-refractivity contribution in [2.75, 3.05) is 30.5 Å². The third kappa shape index (κ3) is 5.38. The highest BCUT2D eigenvalue weighted by molar-refractivity contribution is 7.91. The summed E-state index contributed by atoms with van der Waals surface area (Å²) in [6.07, 6.45) is 0.453. The van der Waals surface area contributed by atoms with Crippen molar-refractivity contribution in [2.24, 2.45) is 5.92 Å². The van der Waals surface area contributed by atoms with Crippen molar-refractivity contribution >= 4 is 39.0 Å². The van der Waals surface area contributed by atoms with Crippen molar-refractivity contribution in [3.8, 4) is 5.75 Å². The van der Waals surface area contributed by atoms with Crippen molar-refractivity contribution in [1.82, 2.24) is 0 Å². The summed E-state index contributed by atoms with van der Waals surface area (Å²) in [5.41, 5.74) is 0.448. The number of rotatable bonds is 6. The van der Waals surface area contributed by atoms with Crippen molar-refractivity contribution in [1.29, 1.82) is 0 Å². The van der Waals surface area contributed by atoms with Gasteiger partial charge in [0.1, 0.15) is 5.75 Å². The number of sulfone groups is 1. The van der Waals surface area contributed by atoms with Crippen LogP contribution in [0.15, 0.2) is 18.2 Å². The molecule has 1 amide bonds. The second-order valence-electron chi connectivity index (χ2n) is 5.53. The van der Waals surface area contributed by atoms with Crippen LogP contribution in [0.2, 0.25) is 5.02 Å². The number of esters is 1. The summed E-state index contributed by atoms with van der Waals surface area (Å²) in [5.74, 6) is -0.746. The van der Waals surface area contributed by atoms with E-state index in [4.69, 9.17) is 21.1 Å². The molecule has 1 saturated heterocycles. The second kappa shape index (κ2) is 7.85. The van der Waals surface area contributed by atoms with Gasteiger partial charge in [-0.05, 0) is 30.5 Å². The zero-order valence-corrected chi connectivity index (χ0v) is 14.7. The van der Waals surface area contributed by atoms with Gasteiger partial charge in [0.15, 0.2) is 16.4 Å². The maximum absolute atomic E-state index is 11.8. The lowest BCUT2D eigenvalue weighted by atomic mass is 10.1. The van der Waals surface area contributed by atoms with Gasteiger partial charge in [-0.15, -0.1) is 0 Å². The molecule has 1 aliphatic rings. The Labute approximate surface area is 145 Å². The number of halogens is 1.